The molecule has 0 radical (unpaired) electrons. The monoisotopic (exact) mass is 253 g/mol. The molecule has 2 aromatic rings. The Morgan fingerprint density at radius 3 is 2.27 bits per heavy atom. The first-order chi connectivity index (χ1) is 7.33. The molecule has 0 N–H and O–H groups in total. The second-order valence-corrected chi connectivity index (χ2v) is 5.52. The van der Waals surface area contributed by atoms with Crippen molar-refractivity contribution in [2.24, 2.45) is 0 Å². The van der Waals surface area contributed by atoms with Crippen molar-refractivity contribution in [3.63, 3.8) is 0 Å². The topological polar surface area (TPSA) is 12.9 Å². The van der Waals surface area contributed by atoms with E-state index in [0.29, 0.717) is 0 Å². The molecule has 0 aliphatic rings. The van der Waals surface area contributed by atoms with Gasteiger partial charge >= 0.3 is 0 Å². The van der Waals surface area contributed by atoms with Crippen LogP contribution in [0, 0.1) is 0 Å². The molecule has 15 heavy (non-hydrogen) atoms. The highest BCUT2D eigenvalue weighted by Crippen LogP contribution is 2.30. The first kappa shape index (κ1) is 11.0. The standard InChI is InChI=1S/C11H11NS3/c1-13-10-6-8(7-11(12-10)14-2)9-4-3-5-15-9/h3-7H,1-2H3. The highest BCUT2D eigenvalue weighted by Gasteiger charge is 2.04. The molecular formula is C11H11NS3. The van der Waals surface area contributed by atoms with Crippen molar-refractivity contribution < 1.29 is 0 Å². The Labute approximate surface area is 102 Å². The molecule has 0 unspecified atom stereocenters. The molecule has 2 aromatic heterocycles. The Balaban J connectivity index is 2.47. The summed E-state index contributed by atoms with van der Waals surface area (Å²) in [5, 5.41) is 4.28. The van der Waals surface area contributed by atoms with E-state index in [4.69, 9.17) is 0 Å². The van der Waals surface area contributed by atoms with Gasteiger partial charge in [-0.2, -0.15) is 0 Å². The summed E-state index contributed by atoms with van der Waals surface area (Å²) in [6, 6.07) is 8.53. The number of nitrogens with zero attached hydrogens (tertiary/aromatic N) is 1. The third-order valence-corrected chi connectivity index (χ3v) is 4.18. The van der Waals surface area contributed by atoms with E-state index in [2.05, 4.69) is 47.1 Å². The summed E-state index contributed by atoms with van der Waals surface area (Å²) in [6.07, 6.45) is 4.12. The van der Waals surface area contributed by atoms with E-state index < -0.39 is 0 Å². The van der Waals surface area contributed by atoms with Gasteiger partial charge in [0.1, 0.15) is 0 Å². The number of thioether (sulfide) groups is 2. The molecule has 0 fully saturated rings. The average molecular weight is 253 g/mol. The molecule has 0 amide bonds. The first-order valence-electron chi connectivity index (χ1n) is 4.47. The fourth-order valence-corrected chi connectivity index (χ4v) is 2.92. The second-order valence-electron chi connectivity index (χ2n) is 2.92. The SMILES string of the molecule is CSc1cc(-c2cccs2)cc(SC)n1. The largest absolute Gasteiger partial charge is 0.235 e. The number of aromatic nitrogens is 1. The Kier molecular flexibility index (Phi) is 3.72. The van der Waals surface area contributed by atoms with Crippen molar-refractivity contribution in [2.75, 3.05) is 12.5 Å². The van der Waals surface area contributed by atoms with Crippen LogP contribution < -0.4 is 0 Å². The quantitative estimate of drug-likeness (QED) is 0.759. The predicted octanol–water partition coefficient (Wildman–Crippen LogP) is 4.25. The highest BCUT2D eigenvalue weighted by atomic mass is 32.2. The molecule has 78 valence electrons. The van der Waals surface area contributed by atoms with Gasteiger partial charge < -0.3 is 0 Å². The van der Waals surface area contributed by atoms with Gasteiger partial charge in [-0.15, -0.1) is 34.9 Å². The summed E-state index contributed by atoms with van der Waals surface area (Å²) in [5.41, 5.74) is 1.27. The first-order valence-corrected chi connectivity index (χ1v) is 7.80. The fraction of sp³-hybridized carbons (Fsp3) is 0.182. The molecule has 0 saturated heterocycles. The number of hydrogen-bond donors (Lipinski definition) is 0. The van der Waals surface area contributed by atoms with Gasteiger partial charge in [0.25, 0.3) is 0 Å². The van der Waals surface area contributed by atoms with Crippen LogP contribution in [0.2, 0.25) is 0 Å². The van der Waals surface area contributed by atoms with Gasteiger partial charge in [0.05, 0.1) is 10.1 Å². The molecule has 1 nitrogen and oxygen atoms in total. The van der Waals surface area contributed by atoms with Crippen molar-refractivity contribution in [2.45, 2.75) is 10.1 Å². The molecule has 2 heterocycles. The third kappa shape index (κ3) is 2.56. The van der Waals surface area contributed by atoms with Crippen LogP contribution in [-0.4, -0.2) is 17.5 Å². The van der Waals surface area contributed by atoms with Crippen molar-refractivity contribution in [3.8, 4) is 10.4 Å². The third-order valence-electron chi connectivity index (χ3n) is 2.00. The van der Waals surface area contributed by atoms with Gasteiger partial charge in [0.15, 0.2) is 0 Å². The zero-order chi connectivity index (χ0) is 10.7. The smallest absolute Gasteiger partial charge is 0.0977 e. The number of pyridine rings is 1. The van der Waals surface area contributed by atoms with E-state index in [9.17, 15) is 0 Å². The van der Waals surface area contributed by atoms with Gasteiger partial charge in [0.2, 0.25) is 0 Å². The second kappa shape index (κ2) is 5.05. The van der Waals surface area contributed by atoms with Gasteiger partial charge in [0, 0.05) is 4.88 Å². The van der Waals surface area contributed by atoms with Crippen LogP contribution in [0.25, 0.3) is 10.4 Å². The van der Waals surface area contributed by atoms with Crippen LogP contribution in [0.1, 0.15) is 0 Å². The minimum atomic E-state index is 1.09. The molecule has 0 aliphatic heterocycles. The molecule has 2 rings (SSSR count). The molecule has 0 aliphatic carbocycles. The van der Waals surface area contributed by atoms with Gasteiger partial charge in [-0.3, -0.25) is 0 Å². The van der Waals surface area contributed by atoms with Crippen molar-refractivity contribution in [3.05, 3.63) is 29.6 Å². The lowest BCUT2D eigenvalue weighted by Crippen LogP contribution is -1.84. The number of thiophene rings is 1. The summed E-state index contributed by atoms with van der Waals surface area (Å²) in [7, 11) is 0. The summed E-state index contributed by atoms with van der Waals surface area (Å²) >= 11 is 5.15. The Hall–Kier alpha value is -0.450. The lowest BCUT2D eigenvalue weighted by Gasteiger charge is -2.04. The Morgan fingerprint density at radius 1 is 1.13 bits per heavy atom. The maximum Gasteiger partial charge on any atom is 0.0977 e. The predicted molar refractivity (Wildman–Crippen MR) is 71.1 cm³/mol. The molecule has 0 bridgehead atoms. The maximum atomic E-state index is 4.51. The van der Waals surface area contributed by atoms with Crippen LogP contribution in [0.5, 0.6) is 0 Å². The van der Waals surface area contributed by atoms with Crippen molar-refractivity contribution >= 4 is 34.9 Å². The summed E-state index contributed by atoms with van der Waals surface area (Å²) in [5.74, 6) is 0. The van der Waals surface area contributed by atoms with E-state index in [1.807, 2.05) is 0 Å². The molecule has 0 spiro atoms. The van der Waals surface area contributed by atoms with Crippen molar-refractivity contribution in [1.82, 2.24) is 4.98 Å². The van der Waals surface area contributed by atoms with Crippen LogP contribution in [-0.2, 0) is 0 Å². The maximum absolute atomic E-state index is 4.51. The van der Waals surface area contributed by atoms with Crippen LogP contribution in [0.3, 0.4) is 0 Å². The van der Waals surface area contributed by atoms with E-state index in [1.165, 1.54) is 10.4 Å². The molecule has 0 atom stereocenters. The van der Waals surface area contributed by atoms with Gasteiger partial charge in [-0.25, -0.2) is 4.98 Å². The van der Waals surface area contributed by atoms with Crippen LogP contribution >= 0.6 is 34.9 Å². The van der Waals surface area contributed by atoms with E-state index in [1.54, 1.807) is 34.9 Å². The van der Waals surface area contributed by atoms with Crippen LogP contribution in [0.15, 0.2) is 39.7 Å². The summed E-state index contributed by atoms with van der Waals surface area (Å²) in [6.45, 7) is 0. The van der Waals surface area contributed by atoms with E-state index >= 15 is 0 Å². The zero-order valence-electron chi connectivity index (χ0n) is 8.56. The molecule has 4 heteroatoms. The summed E-state index contributed by atoms with van der Waals surface area (Å²) in [4.78, 5) is 5.82. The minimum absolute atomic E-state index is 1.09. The minimum Gasteiger partial charge on any atom is -0.235 e. The Morgan fingerprint density at radius 2 is 1.80 bits per heavy atom. The van der Waals surface area contributed by atoms with E-state index in [-0.39, 0.29) is 0 Å². The summed E-state index contributed by atoms with van der Waals surface area (Å²) < 4.78 is 0. The molecule has 0 aromatic carbocycles. The van der Waals surface area contributed by atoms with Gasteiger partial charge in [-0.05, 0) is 41.7 Å². The van der Waals surface area contributed by atoms with E-state index in [0.717, 1.165) is 10.1 Å². The normalized spacial score (nSPS) is 10.5. The zero-order valence-corrected chi connectivity index (χ0v) is 11.0. The lowest BCUT2D eigenvalue weighted by atomic mass is 10.2. The molecular weight excluding hydrogens is 242 g/mol. The number of rotatable bonds is 3. The average Bonchev–Trinajstić information content (AvgIpc) is 2.81. The van der Waals surface area contributed by atoms with Crippen LogP contribution in [0.4, 0.5) is 0 Å². The number of hydrogen-bond acceptors (Lipinski definition) is 4. The molecule has 0 saturated carbocycles. The lowest BCUT2D eigenvalue weighted by molar-refractivity contribution is 1.01. The highest BCUT2D eigenvalue weighted by molar-refractivity contribution is 7.99. The fourth-order valence-electron chi connectivity index (χ4n) is 1.28. The Bertz CT molecular complexity index is 415. The van der Waals surface area contributed by atoms with Gasteiger partial charge in [-0.1, -0.05) is 6.07 Å². The van der Waals surface area contributed by atoms with Crippen molar-refractivity contribution in [1.29, 1.82) is 0 Å².